The minimum atomic E-state index is -4.14. The van der Waals surface area contributed by atoms with Gasteiger partial charge < -0.3 is 0 Å². The third-order valence-corrected chi connectivity index (χ3v) is 1.79. The zero-order valence-corrected chi connectivity index (χ0v) is 6.60. The highest BCUT2D eigenvalue weighted by Gasteiger charge is 2.36. The Morgan fingerprint density at radius 3 is 2.00 bits per heavy atom. The van der Waals surface area contributed by atoms with E-state index in [2.05, 4.69) is 0 Å². The third kappa shape index (κ3) is 2.00. The first-order chi connectivity index (χ1) is 5.52. The normalized spacial score (nSPS) is 14.3. The Morgan fingerprint density at radius 1 is 1.08 bits per heavy atom. The van der Waals surface area contributed by atoms with Crippen LogP contribution in [-0.2, 0) is 0 Å². The molecule has 0 unspecified atom stereocenters. The highest BCUT2D eigenvalue weighted by molar-refractivity contribution is 5.19. The molecule has 1 aromatic carbocycles. The molecule has 12 heavy (non-hydrogen) atoms. The minimum absolute atomic E-state index is 0.310. The Labute approximate surface area is 69.0 Å². The van der Waals surface area contributed by atoms with Gasteiger partial charge >= 0.3 is 6.18 Å². The van der Waals surface area contributed by atoms with Crippen molar-refractivity contribution in [2.24, 2.45) is 0 Å². The summed E-state index contributed by atoms with van der Waals surface area (Å²) in [6.45, 7) is 1.16. The van der Waals surface area contributed by atoms with E-state index < -0.39 is 12.1 Å². The van der Waals surface area contributed by atoms with Gasteiger partial charge in [0.05, 0.1) is 5.92 Å². The SMILES string of the molecule is C[C@H](c1ccccc1)C(F)(F)F. The van der Waals surface area contributed by atoms with Gasteiger partial charge in [0.15, 0.2) is 0 Å². The van der Waals surface area contributed by atoms with Crippen LogP contribution in [0.25, 0.3) is 0 Å². The molecule has 0 aliphatic carbocycles. The summed E-state index contributed by atoms with van der Waals surface area (Å²) in [5.74, 6) is -1.38. The van der Waals surface area contributed by atoms with Crippen molar-refractivity contribution in [1.82, 2.24) is 0 Å². The summed E-state index contributed by atoms with van der Waals surface area (Å²) in [5, 5.41) is 0. The number of hydrogen-bond acceptors (Lipinski definition) is 0. The molecule has 0 radical (unpaired) electrons. The molecule has 1 atom stereocenters. The number of rotatable bonds is 1. The van der Waals surface area contributed by atoms with Crippen LogP contribution in [0.5, 0.6) is 0 Å². The van der Waals surface area contributed by atoms with Gasteiger partial charge in [0.2, 0.25) is 0 Å². The van der Waals surface area contributed by atoms with E-state index in [1.54, 1.807) is 18.2 Å². The summed E-state index contributed by atoms with van der Waals surface area (Å²) in [6.07, 6.45) is -4.14. The lowest BCUT2D eigenvalue weighted by molar-refractivity contribution is -0.146. The molecular formula is C9H9F3. The maximum Gasteiger partial charge on any atom is 0.395 e. The van der Waals surface area contributed by atoms with Crippen molar-refractivity contribution in [3.63, 3.8) is 0 Å². The van der Waals surface area contributed by atoms with Crippen LogP contribution in [0.1, 0.15) is 18.4 Å². The van der Waals surface area contributed by atoms with E-state index in [0.29, 0.717) is 5.56 Å². The van der Waals surface area contributed by atoms with Crippen molar-refractivity contribution in [2.45, 2.75) is 19.0 Å². The second-order valence-electron chi connectivity index (χ2n) is 2.67. The van der Waals surface area contributed by atoms with Gasteiger partial charge in [-0.3, -0.25) is 0 Å². The Balaban J connectivity index is 2.86. The van der Waals surface area contributed by atoms with Gasteiger partial charge in [-0.05, 0) is 12.5 Å². The zero-order chi connectivity index (χ0) is 9.19. The molecule has 66 valence electrons. The van der Waals surface area contributed by atoms with Crippen LogP contribution >= 0.6 is 0 Å². The molecule has 0 spiro atoms. The summed E-state index contributed by atoms with van der Waals surface area (Å²) >= 11 is 0. The van der Waals surface area contributed by atoms with Gasteiger partial charge in [0.1, 0.15) is 0 Å². The monoisotopic (exact) mass is 174 g/mol. The number of hydrogen-bond donors (Lipinski definition) is 0. The molecule has 0 aliphatic heterocycles. The highest BCUT2D eigenvalue weighted by atomic mass is 19.4. The summed E-state index contributed by atoms with van der Waals surface area (Å²) in [5.41, 5.74) is 0.310. The maximum absolute atomic E-state index is 12.1. The topological polar surface area (TPSA) is 0 Å². The van der Waals surface area contributed by atoms with Crippen LogP contribution in [0.4, 0.5) is 13.2 Å². The van der Waals surface area contributed by atoms with Crippen LogP contribution in [0.15, 0.2) is 30.3 Å². The quantitative estimate of drug-likeness (QED) is 0.612. The summed E-state index contributed by atoms with van der Waals surface area (Å²) in [6, 6.07) is 7.89. The molecule has 0 amide bonds. The molecule has 1 aromatic rings. The van der Waals surface area contributed by atoms with Crippen LogP contribution in [0.2, 0.25) is 0 Å². The minimum Gasteiger partial charge on any atom is -0.170 e. The predicted molar refractivity (Wildman–Crippen MR) is 40.9 cm³/mol. The largest absolute Gasteiger partial charge is 0.395 e. The van der Waals surface area contributed by atoms with E-state index in [0.717, 1.165) is 6.92 Å². The number of halogens is 3. The molecule has 3 heteroatoms. The summed E-state index contributed by atoms with van der Waals surface area (Å²) in [4.78, 5) is 0. The van der Waals surface area contributed by atoms with Crippen LogP contribution in [-0.4, -0.2) is 6.18 Å². The fourth-order valence-electron chi connectivity index (χ4n) is 0.931. The van der Waals surface area contributed by atoms with Crippen molar-refractivity contribution < 1.29 is 13.2 Å². The first kappa shape index (κ1) is 9.10. The molecule has 1 rings (SSSR count). The second kappa shape index (κ2) is 3.17. The Kier molecular flexibility index (Phi) is 2.40. The molecule has 0 heterocycles. The number of benzene rings is 1. The second-order valence-corrected chi connectivity index (χ2v) is 2.67. The third-order valence-electron chi connectivity index (χ3n) is 1.79. The highest BCUT2D eigenvalue weighted by Crippen LogP contribution is 2.33. The van der Waals surface area contributed by atoms with Gasteiger partial charge in [-0.1, -0.05) is 30.3 Å². The molecule has 0 saturated carbocycles. The smallest absolute Gasteiger partial charge is 0.170 e. The van der Waals surface area contributed by atoms with Crippen molar-refractivity contribution in [1.29, 1.82) is 0 Å². The van der Waals surface area contributed by atoms with Gasteiger partial charge in [-0.15, -0.1) is 0 Å². The molecule has 0 saturated heterocycles. The van der Waals surface area contributed by atoms with Crippen LogP contribution in [0.3, 0.4) is 0 Å². The van der Waals surface area contributed by atoms with E-state index in [-0.39, 0.29) is 0 Å². The zero-order valence-electron chi connectivity index (χ0n) is 6.60. The Hall–Kier alpha value is -0.990. The molecule has 0 N–H and O–H groups in total. The van der Waals surface area contributed by atoms with E-state index >= 15 is 0 Å². The maximum atomic E-state index is 12.1. The fraction of sp³-hybridized carbons (Fsp3) is 0.333. The molecular weight excluding hydrogens is 165 g/mol. The average molecular weight is 174 g/mol. The van der Waals surface area contributed by atoms with E-state index in [1.807, 2.05) is 0 Å². The first-order valence-electron chi connectivity index (χ1n) is 3.63. The van der Waals surface area contributed by atoms with Crippen molar-refractivity contribution >= 4 is 0 Å². The fourth-order valence-corrected chi connectivity index (χ4v) is 0.931. The predicted octanol–water partition coefficient (Wildman–Crippen LogP) is 3.35. The lowest BCUT2D eigenvalue weighted by atomic mass is 10.0. The van der Waals surface area contributed by atoms with Gasteiger partial charge in [0.25, 0.3) is 0 Å². The van der Waals surface area contributed by atoms with Crippen LogP contribution in [0, 0.1) is 0 Å². The average Bonchev–Trinajstić information content (AvgIpc) is 2.03. The van der Waals surface area contributed by atoms with Gasteiger partial charge in [-0.25, -0.2) is 0 Å². The standard InChI is InChI=1S/C9H9F3/c1-7(9(10,11)12)8-5-3-2-4-6-8/h2-7H,1H3/t7-/m1/s1. The van der Waals surface area contributed by atoms with E-state index in [9.17, 15) is 13.2 Å². The molecule has 0 nitrogen and oxygen atoms in total. The van der Waals surface area contributed by atoms with Crippen molar-refractivity contribution in [2.75, 3.05) is 0 Å². The van der Waals surface area contributed by atoms with E-state index in [4.69, 9.17) is 0 Å². The van der Waals surface area contributed by atoms with E-state index in [1.165, 1.54) is 12.1 Å². The lowest BCUT2D eigenvalue weighted by Gasteiger charge is -2.15. The molecule has 0 bridgehead atoms. The van der Waals surface area contributed by atoms with Crippen LogP contribution < -0.4 is 0 Å². The molecule has 0 aromatic heterocycles. The number of alkyl halides is 3. The summed E-state index contributed by atoms with van der Waals surface area (Å²) in [7, 11) is 0. The Morgan fingerprint density at radius 2 is 1.58 bits per heavy atom. The van der Waals surface area contributed by atoms with Crippen molar-refractivity contribution in [3.05, 3.63) is 35.9 Å². The first-order valence-corrected chi connectivity index (χ1v) is 3.63. The lowest BCUT2D eigenvalue weighted by Crippen LogP contribution is -2.17. The summed E-state index contributed by atoms with van der Waals surface area (Å²) < 4.78 is 36.4. The molecule has 0 aliphatic rings. The molecule has 0 fully saturated rings. The van der Waals surface area contributed by atoms with Crippen molar-refractivity contribution in [3.8, 4) is 0 Å². The van der Waals surface area contributed by atoms with Gasteiger partial charge in [0, 0.05) is 0 Å². The van der Waals surface area contributed by atoms with Gasteiger partial charge in [-0.2, -0.15) is 13.2 Å². The Bertz CT molecular complexity index is 238.